The first-order valence-corrected chi connectivity index (χ1v) is 5.80. The number of amides is 1. The van der Waals surface area contributed by atoms with Crippen molar-refractivity contribution in [2.45, 2.75) is 25.7 Å². The van der Waals surface area contributed by atoms with Gasteiger partial charge in [0.1, 0.15) is 5.82 Å². The van der Waals surface area contributed by atoms with Crippen molar-refractivity contribution in [3.8, 4) is 0 Å². The highest BCUT2D eigenvalue weighted by atomic mass is 19.1. The average molecular weight is 221 g/mol. The third-order valence-electron chi connectivity index (χ3n) is 3.18. The minimum Gasteiger partial charge on any atom is -0.352 e. The smallest absolute Gasteiger partial charge is 0.254 e. The Hall–Kier alpha value is -1.38. The van der Waals surface area contributed by atoms with Gasteiger partial charge in [-0.25, -0.2) is 4.39 Å². The minimum absolute atomic E-state index is 0.135. The third-order valence-corrected chi connectivity index (χ3v) is 3.18. The van der Waals surface area contributed by atoms with Crippen molar-refractivity contribution in [1.82, 2.24) is 5.32 Å². The van der Waals surface area contributed by atoms with Crippen molar-refractivity contribution in [2.75, 3.05) is 6.54 Å². The Balaban J connectivity index is 1.81. The molecule has 86 valence electrons. The molecule has 0 heterocycles. The van der Waals surface area contributed by atoms with Crippen LogP contribution in [0.5, 0.6) is 0 Å². The van der Waals surface area contributed by atoms with Crippen LogP contribution >= 0.6 is 0 Å². The summed E-state index contributed by atoms with van der Waals surface area (Å²) < 4.78 is 13.2. The summed E-state index contributed by atoms with van der Waals surface area (Å²) in [5.74, 6) is 0.00184. The van der Waals surface area contributed by atoms with Crippen LogP contribution in [0, 0.1) is 11.7 Å². The van der Waals surface area contributed by atoms with E-state index in [9.17, 15) is 9.18 Å². The van der Waals surface area contributed by atoms with Crippen molar-refractivity contribution >= 4 is 5.91 Å². The molecule has 0 aromatic heterocycles. The van der Waals surface area contributed by atoms with E-state index in [1.807, 2.05) is 0 Å². The number of rotatable bonds is 4. The van der Waals surface area contributed by atoms with E-state index < -0.39 is 5.82 Å². The first kappa shape index (κ1) is 11.1. The van der Waals surface area contributed by atoms with Gasteiger partial charge < -0.3 is 5.32 Å². The summed E-state index contributed by atoms with van der Waals surface area (Å²) in [6, 6.07) is 6.07. The number of carbonyl (C=O) groups is 1. The predicted molar refractivity (Wildman–Crippen MR) is 60.7 cm³/mol. The van der Waals surface area contributed by atoms with E-state index in [1.54, 1.807) is 12.1 Å². The molecule has 1 aliphatic rings. The number of benzene rings is 1. The Kier molecular flexibility index (Phi) is 3.54. The van der Waals surface area contributed by atoms with Gasteiger partial charge >= 0.3 is 0 Å². The highest BCUT2D eigenvalue weighted by Gasteiger charge is 2.17. The number of carbonyl (C=O) groups excluding carboxylic acids is 1. The summed E-state index contributed by atoms with van der Waals surface area (Å²) in [7, 11) is 0. The average Bonchev–Trinajstić information content (AvgIpc) is 2.22. The molecule has 1 aromatic rings. The maximum absolute atomic E-state index is 13.2. The molecular formula is C13H16FNO. The van der Waals surface area contributed by atoms with E-state index >= 15 is 0 Å². The van der Waals surface area contributed by atoms with E-state index in [1.165, 1.54) is 31.4 Å². The molecule has 1 amide bonds. The number of nitrogens with one attached hydrogen (secondary N) is 1. The van der Waals surface area contributed by atoms with Crippen LogP contribution in [0.2, 0.25) is 0 Å². The van der Waals surface area contributed by atoms with Crippen molar-refractivity contribution in [1.29, 1.82) is 0 Å². The van der Waals surface area contributed by atoms with E-state index in [0.717, 1.165) is 12.3 Å². The maximum atomic E-state index is 13.2. The molecule has 1 aliphatic carbocycles. The van der Waals surface area contributed by atoms with E-state index in [0.29, 0.717) is 6.54 Å². The lowest BCUT2D eigenvalue weighted by atomic mass is 9.83. The normalized spacial score (nSPS) is 15.6. The molecule has 3 heteroatoms. The fourth-order valence-electron chi connectivity index (χ4n) is 1.91. The molecule has 1 N–H and O–H groups in total. The standard InChI is InChI=1S/C13H16FNO/c14-12-7-2-1-6-11(12)13(16)15-9-8-10-4-3-5-10/h1-2,6-7,10H,3-5,8-9H2,(H,15,16). The van der Waals surface area contributed by atoms with Crippen LogP contribution < -0.4 is 5.32 Å². The molecule has 0 saturated heterocycles. The lowest BCUT2D eigenvalue weighted by Gasteiger charge is -2.25. The van der Waals surface area contributed by atoms with Gasteiger partial charge in [0.15, 0.2) is 0 Å². The van der Waals surface area contributed by atoms with Crippen molar-refractivity contribution < 1.29 is 9.18 Å². The first-order chi connectivity index (χ1) is 7.77. The zero-order valence-electron chi connectivity index (χ0n) is 9.21. The number of hydrogen-bond acceptors (Lipinski definition) is 1. The molecule has 16 heavy (non-hydrogen) atoms. The van der Waals surface area contributed by atoms with Gasteiger partial charge in [0.05, 0.1) is 5.56 Å². The molecule has 0 aliphatic heterocycles. The van der Waals surface area contributed by atoms with Crippen LogP contribution in [0.15, 0.2) is 24.3 Å². The van der Waals surface area contributed by atoms with E-state index in [-0.39, 0.29) is 11.5 Å². The van der Waals surface area contributed by atoms with Gasteiger partial charge in [-0.05, 0) is 24.5 Å². The Morgan fingerprint density at radius 3 is 2.75 bits per heavy atom. The summed E-state index contributed by atoms with van der Waals surface area (Å²) in [5.41, 5.74) is 0.135. The van der Waals surface area contributed by atoms with Gasteiger partial charge in [-0.2, -0.15) is 0 Å². The molecule has 0 radical (unpaired) electrons. The Labute approximate surface area is 94.9 Å². The van der Waals surface area contributed by atoms with Crippen LogP contribution in [0.3, 0.4) is 0 Å². The molecule has 0 spiro atoms. The second-order valence-corrected chi connectivity index (χ2v) is 4.32. The van der Waals surface area contributed by atoms with Crippen molar-refractivity contribution in [2.24, 2.45) is 5.92 Å². The molecule has 1 saturated carbocycles. The quantitative estimate of drug-likeness (QED) is 0.832. The highest BCUT2D eigenvalue weighted by Crippen LogP contribution is 2.28. The molecule has 2 rings (SSSR count). The SMILES string of the molecule is O=C(NCCC1CCC1)c1ccccc1F. The largest absolute Gasteiger partial charge is 0.352 e. The fraction of sp³-hybridized carbons (Fsp3) is 0.462. The molecule has 1 aromatic carbocycles. The molecular weight excluding hydrogens is 205 g/mol. The van der Waals surface area contributed by atoms with E-state index in [4.69, 9.17) is 0 Å². The van der Waals surface area contributed by atoms with Crippen LogP contribution in [0.25, 0.3) is 0 Å². The van der Waals surface area contributed by atoms with Crippen LogP contribution in [0.4, 0.5) is 4.39 Å². The second kappa shape index (κ2) is 5.10. The lowest BCUT2D eigenvalue weighted by Crippen LogP contribution is -2.28. The van der Waals surface area contributed by atoms with Gasteiger partial charge in [-0.1, -0.05) is 31.4 Å². The lowest BCUT2D eigenvalue weighted by molar-refractivity contribution is 0.0945. The van der Waals surface area contributed by atoms with Crippen LogP contribution in [0.1, 0.15) is 36.0 Å². The number of halogens is 1. The Morgan fingerprint density at radius 2 is 2.12 bits per heavy atom. The van der Waals surface area contributed by atoms with Crippen molar-refractivity contribution in [3.63, 3.8) is 0 Å². The maximum Gasteiger partial charge on any atom is 0.254 e. The summed E-state index contributed by atoms with van der Waals surface area (Å²) in [6.45, 7) is 0.651. The first-order valence-electron chi connectivity index (χ1n) is 5.80. The third kappa shape index (κ3) is 2.60. The summed E-state index contributed by atoms with van der Waals surface area (Å²) in [5, 5.41) is 2.76. The molecule has 0 unspecified atom stereocenters. The summed E-state index contributed by atoms with van der Waals surface area (Å²) in [6.07, 6.45) is 4.87. The Bertz CT molecular complexity index is 374. The topological polar surface area (TPSA) is 29.1 Å². The predicted octanol–water partition coefficient (Wildman–Crippen LogP) is 2.75. The fourth-order valence-corrected chi connectivity index (χ4v) is 1.91. The molecule has 1 fully saturated rings. The summed E-state index contributed by atoms with van der Waals surface area (Å²) in [4.78, 5) is 11.6. The monoisotopic (exact) mass is 221 g/mol. The zero-order valence-corrected chi connectivity index (χ0v) is 9.21. The summed E-state index contributed by atoms with van der Waals surface area (Å²) >= 11 is 0. The molecule has 0 atom stereocenters. The van der Waals surface area contributed by atoms with Gasteiger partial charge in [0.25, 0.3) is 5.91 Å². The van der Waals surface area contributed by atoms with E-state index in [2.05, 4.69) is 5.32 Å². The Morgan fingerprint density at radius 1 is 1.38 bits per heavy atom. The van der Waals surface area contributed by atoms with Gasteiger partial charge in [0, 0.05) is 6.54 Å². The van der Waals surface area contributed by atoms with Gasteiger partial charge in [-0.3, -0.25) is 4.79 Å². The van der Waals surface area contributed by atoms with Gasteiger partial charge in [-0.15, -0.1) is 0 Å². The molecule has 0 bridgehead atoms. The van der Waals surface area contributed by atoms with Crippen LogP contribution in [-0.4, -0.2) is 12.5 Å². The zero-order chi connectivity index (χ0) is 11.4. The molecule has 2 nitrogen and oxygen atoms in total. The minimum atomic E-state index is -0.455. The van der Waals surface area contributed by atoms with Crippen LogP contribution in [-0.2, 0) is 0 Å². The highest BCUT2D eigenvalue weighted by molar-refractivity contribution is 5.94. The number of hydrogen-bond donors (Lipinski definition) is 1. The van der Waals surface area contributed by atoms with Gasteiger partial charge in [0.2, 0.25) is 0 Å². The second-order valence-electron chi connectivity index (χ2n) is 4.32. The van der Waals surface area contributed by atoms with Crippen molar-refractivity contribution in [3.05, 3.63) is 35.6 Å².